The summed E-state index contributed by atoms with van der Waals surface area (Å²) in [6, 6.07) is 13.0. The fraction of sp³-hybridized carbons (Fsp3) is 0.250. The zero-order valence-electron chi connectivity index (χ0n) is 14.5. The second kappa shape index (κ2) is 8.22. The number of aryl methyl sites for hydroxylation is 1. The number of para-hydroxylation sites is 1. The lowest BCUT2D eigenvalue weighted by Gasteiger charge is -2.18. The summed E-state index contributed by atoms with van der Waals surface area (Å²) < 4.78 is 0. The van der Waals surface area contributed by atoms with Crippen LogP contribution < -0.4 is 10.2 Å². The van der Waals surface area contributed by atoms with Crippen LogP contribution in [0.15, 0.2) is 48.5 Å². The zero-order chi connectivity index (χ0) is 19.4. The molecule has 2 aromatic rings. The summed E-state index contributed by atoms with van der Waals surface area (Å²) in [5.74, 6) is -1.36. The van der Waals surface area contributed by atoms with Crippen LogP contribution in [-0.2, 0) is 16.0 Å². The number of rotatable bonds is 6. The number of carbonyl (C=O) groups is 3. The molecule has 0 aromatic heterocycles. The summed E-state index contributed by atoms with van der Waals surface area (Å²) in [6.45, 7) is 0.504. The second-order valence-corrected chi connectivity index (χ2v) is 6.76. The van der Waals surface area contributed by atoms with Crippen LogP contribution in [0, 0.1) is 0 Å². The van der Waals surface area contributed by atoms with Crippen LogP contribution in [0.3, 0.4) is 0 Å². The number of nitrogens with zero attached hydrogens (tertiary/aromatic N) is 1. The smallest absolute Gasteiger partial charge is 0.335 e. The standard InChI is InChI=1S/C20H19ClN2O4/c21-15-3-1-2-4-17(15)23-12-11-16(19(23)25)22-18(24)10-7-13-5-8-14(9-6-13)20(26)27/h1-6,8-9,16H,7,10-12H2,(H,22,24)(H,26,27). The molecular formula is C20H19ClN2O4. The summed E-state index contributed by atoms with van der Waals surface area (Å²) in [7, 11) is 0. The lowest BCUT2D eigenvalue weighted by molar-refractivity contribution is -0.126. The highest BCUT2D eigenvalue weighted by molar-refractivity contribution is 6.34. The van der Waals surface area contributed by atoms with Crippen LogP contribution in [-0.4, -0.2) is 35.5 Å². The molecule has 1 fully saturated rings. The maximum atomic E-state index is 12.6. The molecule has 2 amide bonds. The first-order valence-electron chi connectivity index (χ1n) is 8.63. The summed E-state index contributed by atoms with van der Waals surface area (Å²) in [6.07, 6.45) is 1.23. The van der Waals surface area contributed by atoms with E-state index in [1.807, 2.05) is 6.07 Å². The van der Waals surface area contributed by atoms with Crippen LogP contribution in [0.25, 0.3) is 0 Å². The van der Waals surface area contributed by atoms with Crippen molar-refractivity contribution < 1.29 is 19.5 Å². The fourth-order valence-corrected chi connectivity index (χ4v) is 3.30. The highest BCUT2D eigenvalue weighted by Gasteiger charge is 2.34. The molecule has 1 atom stereocenters. The van der Waals surface area contributed by atoms with Crippen molar-refractivity contribution in [1.29, 1.82) is 0 Å². The minimum atomic E-state index is -0.984. The van der Waals surface area contributed by atoms with Crippen molar-refractivity contribution in [2.24, 2.45) is 0 Å². The highest BCUT2D eigenvalue weighted by atomic mass is 35.5. The van der Waals surface area contributed by atoms with Gasteiger partial charge in [0.1, 0.15) is 6.04 Å². The third kappa shape index (κ3) is 4.46. The Kier molecular flexibility index (Phi) is 5.76. The normalized spacial score (nSPS) is 16.4. The number of carboxylic acids is 1. The van der Waals surface area contributed by atoms with Gasteiger partial charge in [0.2, 0.25) is 11.8 Å². The fourth-order valence-electron chi connectivity index (χ4n) is 3.06. The summed E-state index contributed by atoms with van der Waals surface area (Å²) in [4.78, 5) is 37.2. The predicted octanol–water partition coefficient (Wildman–Crippen LogP) is 2.89. The van der Waals surface area contributed by atoms with Crippen molar-refractivity contribution in [2.75, 3.05) is 11.4 Å². The van der Waals surface area contributed by atoms with E-state index in [9.17, 15) is 14.4 Å². The molecule has 1 aliphatic rings. The Hall–Kier alpha value is -2.86. The van der Waals surface area contributed by atoms with Gasteiger partial charge in [0.05, 0.1) is 16.3 Å². The van der Waals surface area contributed by atoms with E-state index in [1.54, 1.807) is 35.2 Å². The van der Waals surface area contributed by atoms with E-state index in [-0.39, 0.29) is 23.8 Å². The van der Waals surface area contributed by atoms with Gasteiger partial charge in [-0.3, -0.25) is 9.59 Å². The van der Waals surface area contributed by atoms with Gasteiger partial charge in [-0.2, -0.15) is 0 Å². The molecule has 0 saturated carbocycles. The third-order valence-corrected chi connectivity index (χ3v) is 4.85. The van der Waals surface area contributed by atoms with Crippen molar-refractivity contribution in [3.05, 3.63) is 64.7 Å². The molecule has 2 N–H and O–H groups in total. The molecule has 140 valence electrons. The minimum Gasteiger partial charge on any atom is -0.478 e. The third-order valence-electron chi connectivity index (χ3n) is 4.53. The average molecular weight is 387 g/mol. The number of aromatic carboxylic acids is 1. The Bertz CT molecular complexity index is 867. The molecule has 0 spiro atoms. The molecule has 1 aliphatic heterocycles. The Balaban J connectivity index is 1.53. The molecule has 1 unspecified atom stereocenters. The molecule has 0 bridgehead atoms. The quantitative estimate of drug-likeness (QED) is 0.799. The van der Waals surface area contributed by atoms with Gasteiger partial charge in [-0.05, 0) is 42.7 Å². The highest BCUT2D eigenvalue weighted by Crippen LogP contribution is 2.29. The molecule has 7 heteroatoms. The lowest BCUT2D eigenvalue weighted by Crippen LogP contribution is -2.41. The van der Waals surface area contributed by atoms with Crippen molar-refractivity contribution in [2.45, 2.75) is 25.3 Å². The number of amides is 2. The number of nitrogens with one attached hydrogen (secondary N) is 1. The van der Waals surface area contributed by atoms with Crippen molar-refractivity contribution in [3.63, 3.8) is 0 Å². The average Bonchev–Trinajstić information content (AvgIpc) is 3.01. The lowest BCUT2D eigenvalue weighted by atomic mass is 10.1. The van der Waals surface area contributed by atoms with Gasteiger partial charge in [-0.1, -0.05) is 35.9 Å². The van der Waals surface area contributed by atoms with Crippen LogP contribution >= 0.6 is 11.6 Å². The minimum absolute atomic E-state index is 0.165. The van der Waals surface area contributed by atoms with Crippen LogP contribution in [0.4, 0.5) is 5.69 Å². The number of anilines is 1. The molecule has 1 heterocycles. The molecule has 1 saturated heterocycles. The largest absolute Gasteiger partial charge is 0.478 e. The first-order valence-corrected chi connectivity index (χ1v) is 9.01. The van der Waals surface area contributed by atoms with Crippen molar-refractivity contribution in [1.82, 2.24) is 5.32 Å². The number of hydrogen-bond acceptors (Lipinski definition) is 3. The maximum Gasteiger partial charge on any atom is 0.335 e. The number of halogens is 1. The van der Waals surface area contributed by atoms with Crippen molar-refractivity contribution in [3.8, 4) is 0 Å². The van der Waals surface area contributed by atoms with Crippen LogP contribution in [0.1, 0.15) is 28.8 Å². The number of benzene rings is 2. The first-order chi connectivity index (χ1) is 13.0. The summed E-state index contributed by atoms with van der Waals surface area (Å²) in [5.41, 5.74) is 1.73. The first kappa shape index (κ1) is 18.9. The van der Waals surface area contributed by atoms with Gasteiger partial charge in [-0.25, -0.2) is 4.79 Å². The van der Waals surface area contributed by atoms with E-state index in [0.717, 1.165) is 5.56 Å². The van der Waals surface area contributed by atoms with E-state index in [4.69, 9.17) is 16.7 Å². The van der Waals surface area contributed by atoms with E-state index >= 15 is 0 Å². The Morgan fingerprint density at radius 1 is 1.15 bits per heavy atom. The Labute approximate surface area is 161 Å². The van der Waals surface area contributed by atoms with Crippen molar-refractivity contribution >= 4 is 35.1 Å². The molecule has 2 aromatic carbocycles. The van der Waals surface area contributed by atoms with Crippen LogP contribution in [0.5, 0.6) is 0 Å². The van der Waals surface area contributed by atoms with E-state index in [1.165, 1.54) is 12.1 Å². The molecule has 27 heavy (non-hydrogen) atoms. The van der Waals surface area contributed by atoms with E-state index in [2.05, 4.69) is 5.32 Å². The van der Waals surface area contributed by atoms with Gasteiger partial charge in [0.15, 0.2) is 0 Å². The maximum absolute atomic E-state index is 12.6. The topological polar surface area (TPSA) is 86.7 Å². The van der Waals surface area contributed by atoms with Crippen LogP contribution in [0.2, 0.25) is 5.02 Å². The van der Waals surface area contributed by atoms with Gasteiger partial charge < -0.3 is 15.3 Å². The van der Waals surface area contributed by atoms with E-state index in [0.29, 0.717) is 30.1 Å². The van der Waals surface area contributed by atoms with Gasteiger partial charge in [0.25, 0.3) is 0 Å². The Morgan fingerprint density at radius 3 is 2.52 bits per heavy atom. The number of carboxylic acid groups (broad SMARTS) is 1. The summed E-state index contributed by atoms with van der Waals surface area (Å²) >= 11 is 6.15. The van der Waals surface area contributed by atoms with Gasteiger partial charge in [-0.15, -0.1) is 0 Å². The number of carbonyl (C=O) groups excluding carboxylic acids is 2. The number of hydrogen-bond donors (Lipinski definition) is 2. The van der Waals surface area contributed by atoms with Gasteiger partial charge in [0, 0.05) is 13.0 Å². The monoisotopic (exact) mass is 386 g/mol. The molecular weight excluding hydrogens is 368 g/mol. The SMILES string of the molecule is O=C(CCc1ccc(C(=O)O)cc1)NC1CCN(c2ccccc2Cl)C1=O. The molecule has 0 aliphatic carbocycles. The Morgan fingerprint density at radius 2 is 1.85 bits per heavy atom. The van der Waals surface area contributed by atoms with Gasteiger partial charge >= 0.3 is 5.97 Å². The summed E-state index contributed by atoms with van der Waals surface area (Å²) in [5, 5.41) is 12.2. The van der Waals surface area contributed by atoms with E-state index < -0.39 is 12.0 Å². The second-order valence-electron chi connectivity index (χ2n) is 6.35. The molecule has 0 radical (unpaired) electrons. The molecule has 6 nitrogen and oxygen atoms in total. The zero-order valence-corrected chi connectivity index (χ0v) is 15.3. The predicted molar refractivity (Wildman–Crippen MR) is 102 cm³/mol. The molecule has 3 rings (SSSR count).